The Morgan fingerprint density at radius 1 is 0.792 bits per heavy atom. The molecule has 0 N–H and O–H groups in total. The van der Waals surface area contributed by atoms with Crippen LogP contribution in [0.2, 0.25) is 0 Å². The van der Waals surface area contributed by atoms with Gasteiger partial charge in [0.2, 0.25) is 0 Å². The van der Waals surface area contributed by atoms with Crippen LogP contribution in [-0.2, 0) is 0 Å². The van der Waals surface area contributed by atoms with E-state index in [1.807, 2.05) is 0 Å². The molecule has 6 rings (SSSR count). The summed E-state index contributed by atoms with van der Waals surface area (Å²) < 4.78 is 0. The van der Waals surface area contributed by atoms with Crippen LogP contribution in [0.25, 0.3) is 0 Å². The summed E-state index contributed by atoms with van der Waals surface area (Å²) in [6, 6.07) is 0. The van der Waals surface area contributed by atoms with Gasteiger partial charge in [0.25, 0.3) is 0 Å². The van der Waals surface area contributed by atoms with Crippen LogP contribution in [0.4, 0.5) is 0 Å². The second-order valence-electron chi connectivity index (χ2n) is 11.6. The van der Waals surface area contributed by atoms with Crippen molar-refractivity contribution in [3.63, 3.8) is 0 Å². The van der Waals surface area contributed by atoms with E-state index in [4.69, 9.17) is 0 Å². The Morgan fingerprint density at radius 2 is 1.46 bits per heavy atom. The highest BCUT2D eigenvalue weighted by Gasteiger charge is 2.78. The molecule has 0 aliphatic heterocycles. The molecule has 0 radical (unpaired) electrons. The summed E-state index contributed by atoms with van der Waals surface area (Å²) in [5.41, 5.74) is 1.93. The van der Waals surface area contributed by atoms with Crippen LogP contribution < -0.4 is 0 Å². The minimum Gasteiger partial charge on any atom is -0.0648 e. The molecule has 6 fully saturated rings. The molecule has 0 aromatic rings. The summed E-state index contributed by atoms with van der Waals surface area (Å²) >= 11 is 0. The molecule has 24 heavy (non-hydrogen) atoms. The van der Waals surface area contributed by atoms with Gasteiger partial charge in [-0.1, -0.05) is 48.5 Å². The smallest absolute Gasteiger partial charge is 0.0209 e. The predicted octanol–water partition coefficient (Wildman–Crippen LogP) is 6.65. The van der Waals surface area contributed by atoms with E-state index in [0.717, 1.165) is 53.3 Å². The van der Waals surface area contributed by atoms with E-state index in [0.29, 0.717) is 16.2 Å². The lowest BCUT2D eigenvalue weighted by Crippen LogP contribution is -2.69. The molecule has 0 aromatic heterocycles. The first-order valence-corrected chi connectivity index (χ1v) is 11.3. The van der Waals surface area contributed by atoms with Gasteiger partial charge in [0.05, 0.1) is 0 Å². The second-order valence-corrected chi connectivity index (χ2v) is 11.6. The summed E-state index contributed by atoms with van der Waals surface area (Å²) in [7, 11) is 0. The zero-order valence-electron chi connectivity index (χ0n) is 17.2. The van der Waals surface area contributed by atoms with Crippen LogP contribution in [0.5, 0.6) is 0 Å². The molecule has 6 saturated carbocycles. The van der Waals surface area contributed by atoms with E-state index in [2.05, 4.69) is 48.5 Å². The Bertz CT molecular complexity index is 564. The Morgan fingerprint density at radius 3 is 2.08 bits per heavy atom. The molecule has 0 aromatic carbocycles. The number of hydrogen-bond donors (Lipinski definition) is 0. The molecule has 0 spiro atoms. The van der Waals surface area contributed by atoms with Crippen molar-refractivity contribution >= 4 is 0 Å². The van der Waals surface area contributed by atoms with Gasteiger partial charge in [-0.05, 0) is 102 Å². The van der Waals surface area contributed by atoms with Crippen molar-refractivity contribution in [2.24, 2.45) is 69.5 Å². The van der Waals surface area contributed by atoms with Gasteiger partial charge < -0.3 is 0 Å². The highest BCUT2D eigenvalue weighted by molar-refractivity contribution is 5.26. The molecular formula is C24H40. The first-order chi connectivity index (χ1) is 11.3. The van der Waals surface area contributed by atoms with Gasteiger partial charge in [-0.15, -0.1) is 0 Å². The molecule has 6 aliphatic rings. The Labute approximate surface area is 150 Å². The van der Waals surface area contributed by atoms with E-state index in [-0.39, 0.29) is 0 Å². The fourth-order valence-electron chi connectivity index (χ4n) is 11.0. The maximum absolute atomic E-state index is 2.79. The van der Waals surface area contributed by atoms with Crippen LogP contribution in [0.3, 0.4) is 0 Å². The molecule has 12 atom stereocenters. The molecular weight excluding hydrogens is 288 g/mol. The second kappa shape index (κ2) is 4.45. The van der Waals surface area contributed by atoms with Gasteiger partial charge in [-0.3, -0.25) is 0 Å². The van der Waals surface area contributed by atoms with Gasteiger partial charge in [0, 0.05) is 0 Å². The average Bonchev–Trinajstić information content (AvgIpc) is 3.03. The highest BCUT2D eigenvalue weighted by atomic mass is 14.8. The molecule has 0 amide bonds. The first kappa shape index (κ1) is 16.2. The van der Waals surface area contributed by atoms with Crippen LogP contribution in [0, 0.1) is 69.5 Å². The fraction of sp³-hybridized carbons (Fsp3) is 1.00. The van der Waals surface area contributed by atoms with E-state index in [1.165, 1.54) is 25.7 Å². The van der Waals surface area contributed by atoms with Crippen molar-refractivity contribution in [1.82, 2.24) is 0 Å². The maximum atomic E-state index is 2.79. The van der Waals surface area contributed by atoms with Gasteiger partial charge in [0.15, 0.2) is 0 Å². The molecule has 0 saturated heterocycles. The van der Waals surface area contributed by atoms with Crippen molar-refractivity contribution in [3.05, 3.63) is 0 Å². The number of fused-ring (bicyclic) bond motifs is 3. The van der Waals surface area contributed by atoms with Crippen molar-refractivity contribution in [1.29, 1.82) is 0 Å². The minimum atomic E-state index is 0.620. The largest absolute Gasteiger partial charge is 0.0648 e. The normalized spacial score (nSPS) is 69.9. The van der Waals surface area contributed by atoms with E-state index in [1.54, 1.807) is 6.42 Å². The van der Waals surface area contributed by atoms with Crippen LogP contribution >= 0.6 is 0 Å². The van der Waals surface area contributed by atoms with Gasteiger partial charge in [-0.2, -0.15) is 0 Å². The van der Waals surface area contributed by atoms with Crippen LogP contribution in [0.15, 0.2) is 0 Å². The van der Waals surface area contributed by atoms with Crippen LogP contribution in [0.1, 0.15) is 80.6 Å². The van der Waals surface area contributed by atoms with Crippen molar-refractivity contribution in [2.45, 2.75) is 80.6 Å². The SMILES string of the molecule is CCC12C(C)C3CCC(C)C4(C)C(C(CC41)C2C)C1(C)C(C)CC31. The summed E-state index contributed by atoms with van der Waals surface area (Å²) in [6.07, 6.45) is 7.61. The molecule has 0 nitrogen and oxygen atoms in total. The molecule has 0 heteroatoms. The van der Waals surface area contributed by atoms with Crippen molar-refractivity contribution in [3.8, 4) is 0 Å². The molecule has 5 bridgehead atoms. The number of hydrogen-bond acceptors (Lipinski definition) is 0. The minimum absolute atomic E-state index is 0.620. The van der Waals surface area contributed by atoms with Crippen LogP contribution in [-0.4, -0.2) is 0 Å². The van der Waals surface area contributed by atoms with Gasteiger partial charge >= 0.3 is 0 Å². The fourth-order valence-corrected chi connectivity index (χ4v) is 11.0. The summed E-state index contributed by atoms with van der Waals surface area (Å²) in [6.45, 7) is 18.8. The summed E-state index contributed by atoms with van der Waals surface area (Å²) in [5.74, 6) is 8.95. The molecule has 136 valence electrons. The zero-order valence-corrected chi connectivity index (χ0v) is 17.2. The van der Waals surface area contributed by atoms with E-state index < -0.39 is 0 Å². The lowest BCUT2D eigenvalue weighted by molar-refractivity contribution is -0.265. The summed E-state index contributed by atoms with van der Waals surface area (Å²) in [4.78, 5) is 0. The molecule has 12 unspecified atom stereocenters. The van der Waals surface area contributed by atoms with E-state index in [9.17, 15) is 0 Å². The predicted molar refractivity (Wildman–Crippen MR) is 102 cm³/mol. The lowest BCUT2D eigenvalue weighted by atomic mass is 9.30. The third kappa shape index (κ3) is 1.31. The lowest BCUT2D eigenvalue weighted by Gasteiger charge is -2.74. The Hall–Kier alpha value is 0. The Kier molecular flexibility index (Phi) is 3.00. The topological polar surface area (TPSA) is 0 Å². The summed E-state index contributed by atoms with van der Waals surface area (Å²) in [5, 5.41) is 0. The van der Waals surface area contributed by atoms with Crippen molar-refractivity contribution in [2.75, 3.05) is 0 Å². The zero-order chi connectivity index (χ0) is 17.2. The third-order valence-electron chi connectivity index (χ3n) is 12.2. The maximum Gasteiger partial charge on any atom is -0.0209 e. The average molecular weight is 329 g/mol. The van der Waals surface area contributed by atoms with Gasteiger partial charge in [0.1, 0.15) is 0 Å². The third-order valence-corrected chi connectivity index (χ3v) is 12.2. The molecule has 0 heterocycles. The molecule has 6 aliphatic carbocycles. The Balaban J connectivity index is 1.80. The van der Waals surface area contributed by atoms with Gasteiger partial charge in [-0.25, -0.2) is 0 Å². The highest BCUT2D eigenvalue weighted by Crippen LogP contribution is 2.84. The first-order valence-electron chi connectivity index (χ1n) is 11.3. The standard InChI is InChI=1S/C24H40/c1-8-24-15(4)17-10-9-13(2)23(7)20(24)12-18(16(24)5)21(23)22(6)14(3)11-19(17)22/h13-21H,8-12H2,1-7H3. The monoisotopic (exact) mass is 328 g/mol. The van der Waals surface area contributed by atoms with E-state index >= 15 is 0 Å². The van der Waals surface area contributed by atoms with Crippen molar-refractivity contribution < 1.29 is 0 Å². The number of rotatable bonds is 1. The quantitative estimate of drug-likeness (QED) is 0.505.